The van der Waals surface area contributed by atoms with E-state index in [9.17, 15) is 9.59 Å². The number of morpholine rings is 1. The molecule has 0 saturated carbocycles. The van der Waals surface area contributed by atoms with E-state index in [0.29, 0.717) is 18.9 Å². The van der Waals surface area contributed by atoms with Crippen LogP contribution in [-0.4, -0.2) is 53.8 Å². The minimum atomic E-state index is -0.932. The SMILES string of the molecule is CC(Oc1ccc(Br)cc1)C(=O)N1CCOC(CC(=O)O)C1. The first-order chi connectivity index (χ1) is 10.5. The lowest BCUT2D eigenvalue weighted by atomic mass is 10.2. The average molecular weight is 372 g/mol. The van der Waals surface area contributed by atoms with Crippen molar-refractivity contribution in [2.75, 3.05) is 19.7 Å². The number of hydrogen-bond donors (Lipinski definition) is 1. The lowest BCUT2D eigenvalue weighted by Gasteiger charge is -2.33. The summed E-state index contributed by atoms with van der Waals surface area (Å²) in [6.07, 6.45) is -1.20. The summed E-state index contributed by atoms with van der Waals surface area (Å²) >= 11 is 3.34. The normalized spacial score (nSPS) is 19.5. The summed E-state index contributed by atoms with van der Waals surface area (Å²) in [6, 6.07) is 7.23. The van der Waals surface area contributed by atoms with Crippen LogP contribution in [0.15, 0.2) is 28.7 Å². The largest absolute Gasteiger partial charge is 0.481 e. The van der Waals surface area contributed by atoms with Gasteiger partial charge < -0.3 is 19.5 Å². The number of benzene rings is 1. The number of amides is 1. The lowest BCUT2D eigenvalue weighted by molar-refractivity contribution is -0.151. The van der Waals surface area contributed by atoms with Gasteiger partial charge in [0.1, 0.15) is 5.75 Å². The van der Waals surface area contributed by atoms with Crippen LogP contribution in [-0.2, 0) is 14.3 Å². The molecule has 2 rings (SSSR count). The molecule has 7 heteroatoms. The molecule has 0 bridgehead atoms. The second-order valence-corrected chi connectivity index (χ2v) is 6.00. The van der Waals surface area contributed by atoms with Gasteiger partial charge in [0.25, 0.3) is 5.91 Å². The van der Waals surface area contributed by atoms with Gasteiger partial charge in [0.15, 0.2) is 6.10 Å². The smallest absolute Gasteiger partial charge is 0.306 e. The molecule has 1 aromatic rings. The van der Waals surface area contributed by atoms with E-state index in [1.807, 2.05) is 12.1 Å². The summed E-state index contributed by atoms with van der Waals surface area (Å²) < 4.78 is 11.9. The molecule has 2 unspecified atom stereocenters. The van der Waals surface area contributed by atoms with Gasteiger partial charge in [-0.2, -0.15) is 0 Å². The van der Waals surface area contributed by atoms with Crippen LogP contribution in [0.3, 0.4) is 0 Å². The van der Waals surface area contributed by atoms with E-state index < -0.39 is 18.2 Å². The Morgan fingerprint density at radius 3 is 2.77 bits per heavy atom. The zero-order valence-electron chi connectivity index (χ0n) is 12.2. The number of carbonyl (C=O) groups is 2. The number of rotatable bonds is 5. The van der Waals surface area contributed by atoms with Crippen molar-refractivity contribution >= 4 is 27.8 Å². The highest BCUT2D eigenvalue weighted by molar-refractivity contribution is 9.10. The van der Waals surface area contributed by atoms with E-state index in [0.717, 1.165) is 4.47 Å². The average Bonchev–Trinajstić information content (AvgIpc) is 2.48. The number of ether oxygens (including phenoxy) is 2. The van der Waals surface area contributed by atoms with E-state index in [-0.39, 0.29) is 18.9 Å². The summed E-state index contributed by atoms with van der Waals surface area (Å²) in [5.74, 6) is -0.487. The third-order valence-corrected chi connectivity index (χ3v) is 3.86. The van der Waals surface area contributed by atoms with Gasteiger partial charge in [-0.15, -0.1) is 0 Å². The fourth-order valence-corrected chi connectivity index (χ4v) is 2.53. The van der Waals surface area contributed by atoms with Crippen LogP contribution in [0.2, 0.25) is 0 Å². The van der Waals surface area contributed by atoms with E-state index in [1.54, 1.807) is 24.0 Å². The zero-order chi connectivity index (χ0) is 16.1. The maximum absolute atomic E-state index is 12.4. The Hall–Kier alpha value is -1.60. The van der Waals surface area contributed by atoms with Crippen molar-refractivity contribution in [3.05, 3.63) is 28.7 Å². The van der Waals surface area contributed by atoms with Gasteiger partial charge in [0.05, 0.1) is 19.1 Å². The number of halogens is 1. The standard InChI is InChI=1S/C15H18BrNO5/c1-10(22-12-4-2-11(16)3-5-12)15(20)17-6-7-21-13(9-17)8-14(18)19/h2-5,10,13H,6-9H2,1H3,(H,18,19). The number of hydrogen-bond acceptors (Lipinski definition) is 4. The minimum absolute atomic E-state index is 0.105. The highest BCUT2D eigenvalue weighted by Gasteiger charge is 2.29. The third-order valence-electron chi connectivity index (χ3n) is 3.33. The van der Waals surface area contributed by atoms with Crippen LogP contribution < -0.4 is 4.74 Å². The van der Waals surface area contributed by atoms with Crippen molar-refractivity contribution in [2.24, 2.45) is 0 Å². The zero-order valence-corrected chi connectivity index (χ0v) is 13.8. The van der Waals surface area contributed by atoms with Gasteiger partial charge in [0, 0.05) is 17.6 Å². The van der Waals surface area contributed by atoms with E-state index in [2.05, 4.69) is 15.9 Å². The molecule has 0 aromatic heterocycles. The molecule has 2 atom stereocenters. The fraction of sp³-hybridized carbons (Fsp3) is 0.467. The molecule has 1 N–H and O–H groups in total. The van der Waals surface area contributed by atoms with Crippen LogP contribution in [0.1, 0.15) is 13.3 Å². The molecule has 0 aliphatic carbocycles. The first kappa shape index (κ1) is 16.8. The number of carboxylic acid groups (broad SMARTS) is 1. The lowest BCUT2D eigenvalue weighted by Crippen LogP contribution is -2.50. The predicted molar refractivity (Wildman–Crippen MR) is 82.8 cm³/mol. The van der Waals surface area contributed by atoms with Crippen LogP contribution in [0, 0.1) is 0 Å². The first-order valence-corrected chi connectivity index (χ1v) is 7.79. The molecule has 22 heavy (non-hydrogen) atoms. The van der Waals surface area contributed by atoms with Gasteiger partial charge in [-0.3, -0.25) is 9.59 Å². The highest BCUT2D eigenvalue weighted by atomic mass is 79.9. The maximum atomic E-state index is 12.4. The second kappa shape index (κ2) is 7.60. The molecule has 0 radical (unpaired) electrons. The molecule has 1 saturated heterocycles. The molecule has 0 spiro atoms. The summed E-state index contributed by atoms with van der Waals surface area (Å²) in [5, 5.41) is 8.81. The molecular formula is C15H18BrNO5. The summed E-state index contributed by atoms with van der Waals surface area (Å²) in [6.45, 7) is 2.75. The van der Waals surface area contributed by atoms with Crippen LogP contribution >= 0.6 is 15.9 Å². The van der Waals surface area contributed by atoms with Gasteiger partial charge in [-0.05, 0) is 31.2 Å². The Morgan fingerprint density at radius 2 is 2.14 bits per heavy atom. The maximum Gasteiger partial charge on any atom is 0.306 e. The Kier molecular flexibility index (Phi) is 5.79. The molecule has 1 aromatic carbocycles. The van der Waals surface area contributed by atoms with Gasteiger partial charge in [0.2, 0.25) is 0 Å². The molecule has 6 nitrogen and oxygen atoms in total. The third kappa shape index (κ3) is 4.71. The van der Waals surface area contributed by atoms with Crippen molar-refractivity contribution < 1.29 is 24.2 Å². The Morgan fingerprint density at radius 1 is 1.45 bits per heavy atom. The van der Waals surface area contributed by atoms with Gasteiger partial charge in [-0.1, -0.05) is 15.9 Å². The molecular weight excluding hydrogens is 354 g/mol. The number of nitrogens with zero attached hydrogens (tertiary/aromatic N) is 1. The summed E-state index contributed by atoms with van der Waals surface area (Å²) in [4.78, 5) is 24.7. The molecule has 1 amide bonds. The Balaban J connectivity index is 1.91. The van der Waals surface area contributed by atoms with Crippen LogP contribution in [0.5, 0.6) is 5.75 Å². The Labute approximate surface area is 137 Å². The van der Waals surface area contributed by atoms with E-state index in [4.69, 9.17) is 14.6 Å². The van der Waals surface area contributed by atoms with Crippen molar-refractivity contribution in [1.82, 2.24) is 4.90 Å². The number of carboxylic acids is 1. The van der Waals surface area contributed by atoms with Crippen LogP contribution in [0.25, 0.3) is 0 Å². The summed E-state index contributed by atoms with van der Waals surface area (Å²) in [7, 11) is 0. The van der Waals surface area contributed by atoms with Crippen molar-refractivity contribution in [3.63, 3.8) is 0 Å². The van der Waals surface area contributed by atoms with Crippen molar-refractivity contribution in [2.45, 2.75) is 25.6 Å². The predicted octanol–water partition coefficient (Wildman–Crippen LogP) is 1.92. The first-order valence-electron chi connectivity index (χ1n) is 7.00. The number of aliphatic carboxylic acids is 1. The Bertz CT molecular complexity index is 533. The van der Waals surface area contributed by atoms with Crippen LogP contribution in [0.4, 0.5) is 0 Å². The molecule has 1 aliphatic rings. The molecule has 120 valence electrons. The topological polar surface area (TPSA) is 76.1 Å². The molecule has 1 heterocycles. The highest BCUT2D eigenvalue weighted by Crippen LogP contribution is 2.18. The summed E-state index contributed by atoms with van der Waals surface area (Å²) in [5.41, 5.74) is 0. The second-order valence-electron chi connectivity index (χ2n) is 5.09. The van der Waals surface area contributed by atoms with Gasteiger partial charge >= 0.3 is 5.97 Å². The monoisotopic (exact) mass is 371 g/mol. The van der Waals surface area contributed by atoms with Crippen molar-refractivity contribution in [3.8, 4) is 5.75 Å². The van der Waals surface area contributed by atoms with Crippen molar-refractivity contribution in [1.29, 1.82) is 0 Å². The van der Waals surface area contributed by atoms with Gasteiger partial charge in [-0.25, -0.2) is 0 Å². The van der Waals surface area contributed by atoms with E-state index >= 15 is 0 Å². The fourth-order valence-electron chi connectivity index (χ4n) is 2.26. The quantitative estimate of drug-likeness (QED) is 0.855. The molecule has 1 aliphatic heterocycles. The van der Waals surface area contributed by atoms with E-state index in [1.165, 1.54) is 0 Å². The minimum Gasteiger partial charge on any atom is -0.481 e. The molecule has 1 fully saturated rings. The number of carbonyl (C=O) groups excluding carboxylic acids is 1.